The summed E-state index contributed by atoms with van der Waals surface area (Å²) in [5.41, 5.74) is 2.27. The molecule has 0 aliphatic heterocycles. The fourth-order valence-electron chi connectivity index (χ4n) is 3.08. The minimum atomic E-state index is -0.865. The zero-order valence-electron chi connectivity index (χ0n) is 17.7. The summed E-state index contributed by atoms with van der Waals surface area (Å²) < 4.78 is 5.29. The van der Waals surface area contributed by atoms with Gasteiger partial charge in [0.05, 0.1) is 0 Å². The van der Waals surface area contributed by atoms with Crippen molar-refractivity contribution in [2.24, 2.45) is 0 Å². The van der Waals surface area contributed by atoms with Crippen LogP contribution in [0.3, 0.4) is 0 Å². The summed E-state index contributed by atoms with van der Waals surface area (Å²) in [5.74, 6) is -1.15. The number of rotatable bonds is 10. The van der Waals surface area contributed by atoms with E-state index >= 15 is 0 Å². The van der Waals surface area contributed by atoms with Crippen molar-refractivity contribution >= 4 is 17.8 Å². The number of esters is 1. The fourth-order valence-corrected chi connectivity index (χ4v) is 3.08. The number of amides is 2. The summed E-state index contributed by atoms with van der Waals surface area (Å²) in [6.07, 6.45) is 0.137. The lowest BCUT2D eigenvalue weighted by molar-refractivity contribution is -0.145. The molecule has 3 aromatic rings. The van der Waals surface area contributed by atoms with E-state index in [4.69, 9.17) is 4.74 Å². The van der Waals surface area contributed by atoms with Crippen LogP contribution in [-0.4, -0.2) is 23.8 Å². The maximum atomic E-state index is 12.8. The highest BCUT2D eigenvalue weighted by Crippen LogP contribution is 2.07. The van der Waals surface area contributed by atoms with E-state index in [0.717, 1.165) is 11.1 Å². The first-order valence-electron chi connectivity index (χ1n) is 10.5. The van der Waals surface area contributed by atoms with Gasteiger partial charge in [0.2, 0.25) is 5.91 Å². The summed E-state index contributed by atoms with van der Waals surface area (Å²) in [5, 5.41) is 5.57. The van der Waals surface area contributed by atoms with Crippen molar-refractivity contribution in [1.82, 2.24) is 10.6 Å². The molecule has 32 heavy (non-hydrogen) atoms. The molecule has 3 rings (SSSR count). The molecule has 0 fully saturated rings. The van der Waals surface area contributed by atoms with E-state index in [2.05, 4.69) is 10.6 Å². The van der Waals surface area contributed by atoms with Crippen LogP contribution in [0.15, 0.2) is 91.0 Å². The van der Waals surface area contributed by atoms with E-state index in [9.17, 15) is 14.4 Å². The molecule has 0 aromatic heterocycles. The molecule has 2 N–H and O–H groups in total. The summed E-state index contributed by atoms with van der Waals surface area (Å²) >= 11 is 0. The van der Waals surface area contributed by atoms with Crippen molar-refractivity contribution in [3.8, 4) is 0 Å². The molecule has 0 saturated heterocycles. The Hall–Kier alpha value is -3.93. The molecule has 0 aliphatic rings. The van der Waals surface area contributed by atoms with E-state index in [1.165, 1.54) is 0 Å². The number of benzene rings is 3. The van der Waals surface area contributed by atoms with Crippen LogP contribution >= 0.6 is 0 Å². The van der Waals surface area contributed by atoms with Gasteiger partial charge in [-0.05, 0) is 29.7 Å². The molecule has 0 bridgehead atoms. The third-order valence-electron chi connectivity index (χ3n) is 4.85. The van der Waals surface area contributed by atoms with Gasteiger partial charge in [-0.2, -0.15) is 0 Å². The van der Waals surface area contributed by atoms with Gasteiger partial charge >= 0.3 is 5.97 Å². The summed E-state index contributed by atoms with van der Waals surface area (Å²) in [6, 6.07) is 26.6. The van der Waals surface area contributed by atoms with Crippen molar-refractivity contribution in [3.05, 3.63) is 108 Å². The second-order valence-electron chi connectivity index (χ2n) is 7.28. The van der Waals surface area contributed by atoms with Gasteiger partial charge in [-0.1, -0.05) is 78.9 Å². The Bertz CT molecular complexity index is 1010. The van der Waals surface area contributed by atoms with Crippen LogP contribution in [-0.2, 0) is 27.5 Å². The highest BCUT2D eigenvalue weighted by molar-refractivity contribution is 5.97. The van der Waals surface area contributed by atoms with Gasteiger partial charge in [-0.3, -0.25) is 14.4 Å². The van der Waals surface area contributed by atoms with E-state index in [0.29, 0.717) is 12.1 Å². The van der Waals surface area contributed by atoms with Crippen molar-refractivity contribution in [2.45, 2.75) is 32.0 Å². The number of hydrogen-bond acceptors (Lipinski definition) is 4. The number of carbonyl (C=O) groups excluding carboxylic acids is 3. The Balaban J connectivity index is 1.57. The number of ether oxygens (including phenoxy) is 1. The molecule has 2 amide bonds. The molecule has 0 saturated carbocycles. The quantitative estimate of drug-likeness (QED) is 0.481. The molecule has 0 heterocycles. The zero-order valence-corrected chi connectivity index (χ0v) is 17.7. The maximum Gasteiger partial charge on any atom is 0.306 e. The van der Waals surface area contributed by atoms with Gasteiger partial charge < -0.3 is 15.4 Å². The van der Waals surface area contributed by atoms with Gasteiger partial charge in [-0.25, -0.2) is 0 Å². The molecule has 0 radical (unpaired) electrons. The van der Waals surface area contributed by atoms with E-state index in [1.807, 2.05) is 66.7 Å². The van der Waals surface area contributed by atoms with Crippen LogP contribution in [0.1, 0.15) is 34.3 Å². The van der Waals surface area contributed by atoms with Crippen molar-refractivity contribution in [2.75, 3.05) is 0 Å². The average Bonchev–Trinajstić information content (AvgIpc) is 2.85. The lowest BCUT2D eigenvalue weighted by Gasteiger charge is -2.18. The first kappa shape index (κ1) is 22.7. The normalized spacial score (nSPS) is 11.2. The van der Waals surface area contributed by atoms with Gasteiger partial charge in [0.15, 0.2) is 0 Å². The van der Waals surface area contributed by atoms with E-state index in [-0.39, 0.29) is 31.3 Å². The van der Waals surface area contributed by atoms with Gasteiger partial charge in [-0.15, -0.1) is 0 Å². The van der Waals surface area contributed by atoms with Gasteiger partial charge in [0, 0.05) is 18.5 Å². The van der Waals surface area contributed by atoms with Crippen LogP contribution in [0.4, 0.5) is 0 Å². The number of nitrogens with one attached hydrogen (secondary N) is 2. The lowest BCUT2D eigenvalue weighted by Crippen LogP contribution is -2.46. The molecular weight excluding hydrogens is 404 g/mol. The zero-order chi connectivity index (χ0) is 22.6. The monoisotopic (exact) mass is 430 g/mol. The Kier molecular flexibility index (Phi) is 8.57. The largest absolute Gasteiger partial charge is 0.461 e. The highest BCUT2D eigenvalue weighted by atomic mass is 16.5. The summed E-state index contributed by atoms with van der Waals surface area (Å²) in [7, 11) is 0. The topological polar surface area (TPSA) is 84.5 Å². The highest BCUT2D eigenvalue weighted by Gasteiger charge is 2.22. The van der Waals surface area contributed by atoms with E-state index in [1.54, 1.807) is 24.3 Å². The second kappa shape index (κ2) is 12.1. The predicted molar refractivity (Wildman–Crippen MR) is 121 cm³/mol. The third-order valence-corrected chi connectivity index (χ3v) is 4.85. The van der Waals surface area contributed by atoms with Crippen molar-refractivity contribution in [3.63, 3.8) is 0 Å². The number of carbonyl (C=O) groups is 3. The summed E-state index contributed by atoms with van der Waals surface area (Å²) in [4.78, 5) is 37.6. The lowest BCUT2D eigenvalue weighted by atomic mass is 10.1. The first-order chi connectivity index (χ1) is 15.6. The molecule has 6 heteroatoms. The van der Waals surface area contributed by atoms with E-state index < -0.39 is 12.0 Å². The van der Waals surface area contributed by atoms with Crippen molar-refractivity contribution < 1.29 is 19.1 Å². The molecule has 0 aliphatic carbocycles. The molecule has 0 spiro atoms. The molecule has 3 aromatic carbocycles. The van der Waals surface area contributed by atoms with Crippen LogP contribution in [0, 0.1) is 0 Å². The Morgan fingerprint density at radius 3 is 1.94 bits per heavy atom. The van der Waals surface area contributed by atoms with Crippen LogP contribution < -0.4 is 10.6 Å². The van der Waals surface area contributed by atoms with Crippen LogP contribution in [0.5, 0.6) is 0 Å². The minimum Gasteiger partial charge on any atom is -0.461 e. The molecule has 1 unspecified atom stereocenters. The molecule has 6 nitrogen and oxygen atoms in total. The smallest absolute Gasteiger partial charge is 0.306 e. The Morgan fingerprint density at radius 2 is 1.31 bits per heavy atom. The third kappa shape index (κ3) is 7.40. The van der Waals surface area contributed by atoms with Crippen molar-refractivity contribution in [1.29, 1.82) is 0 Å². The maximum absolute atomic E-state index is 12.8. The van der Waals surface area contributed by atoms with Crippen LogP contribution in [0.25, 0.3) is 0 Å². The van der Waals surface area contributed by atoms with Crippen LogP contribution in [0.2, 0.25) is 0 Å². The first-order valence-corrected chi connectivity index (χ1v) is 10.5. The molecular formula is C26H26N2O4. The Labute approximate surface area is 187 Å². The second-order valence-corrected chi connectivity index (χ2v) is 7.28. The molecule has 164 valence electrons. The number of hydrogen-bond donors (Lipinski definition) is 2. The predicted octanol–water partition coefficient (Wildman–Crippen LogP) is 3.63. The minimum absolute atomic E-state index is 0.00528. The molecule has 1 atom stereocenters. The fraction of sp³-hybridized carbons (Fsp3) is 0.192. The average molecular weight is 431 g/mol. The van der Waals surface area contributed by atoms with Gasteiger partial charge in [0.25, 0.3) is 5.91 Å². The SMILES string of the molecule is O=C(CCC(NC(=O)c1ccccc1)C(=O)NCc1ccccc1)OCc1ccccc1. The standard InChI is InChI=1S/C26H26N2O4/c29-24(32-19-21-12-6-2-7-13-21)17-16-23(28-25(30)22-14-8-3-9-15-22)26(31)27-18-20-10-4-1-5-11-20/h1-15,23H,16-19H2,(H,27,31)(H,28,30). The van der Waals surface area contributed by atoms with Gasteiger partial charge in [0.1, 0.15) is 12.6 Å². The summed E-state index contributed by atoms with van der Waals surface area (Å²) in [6.45, 7) is 0.497. The Morgan fingerprint density at radius 1 is 0.750 bits per heavy atom.